The van der Waals surface area contributed by atoms with Gasteiger partial charge in [-0.25, -0.2) is 0 Å². The van der Waals surface area contributed by atoms with E-state index in [1.165, 1.54) is 12.8 Å². The van der Waals surface area contributed by atoms with Crippen LogP contribution in [0.25, 0.3) is 0 Å². The van der Waals surface area contributed by atoms with Crippen molar-refractivity contribution >= 4 is 0 Å². The normalized spacial score (nSPS) is 29.8. The second kappa shape index (κ2) is 3.32. The van der Waals surface area contributed by atoms with Gasteiger partial charge in [0.2, 0.25) is 0 Å². The van der Waals surface area contributed by atoms with Gasteiger partial charge in [-0.05, 0) is 12.3 Å². The van der Waals surface area contributed by atoms with E-state index in [0.29, 0.717) is 26.4 Å². The lowest BCUT2D eigenvalue weighted by Crippen LogP contribution is -2.38. The van der Waals surface area contributed by atoms with Crippen LogP contribution in [0.1, 0.15) is 19.3 Å². The minimum atomic E-state index is -0.697. The smallest absolute Gasteiger partial charge is 0.111 e. The van der Waals surface area contributed by atoms with Crippen molar-refractivity contribution in [3.05, 3.63) is 0 Å². The minimum Gasteiger partial charge on any atom is -0.385 e. The van der Waals surface area contributed by atoms with Crippen LogP contribution in [0, 0.1) is 5.92 Å². The Labute approximate surface area is 72.7 Å². The third-order valence-corrected chi connectivity index (χ3v) is 2.48. The molecule has 2 rings (SSSR count). The summed E-state index contributed by atoms with van der Waals surface area (Å²) in [5.74, 6) is 0.722. The topological polar surface area (TPSA) is 38.7 Å². The number of hydrogen-bond donors (Lipinski definition) is 1. The Morgan fingerprint density at radius 2 is 1.75 bits per heavy atom. The molecule has 12 heavy (non-hydrogen) atoms. The Kier molecular flexibility index (Phi) is 2.35. The van der Waals surface area contributed by atoms with Gasteiger partial charge in [0.25, 0.3) is 0 Å². The van der Waals surface area contributed by atoms with Crippen LogP contribution in [0.2, 0.25) is 0 Å². The van der Waals surface area contributed by atoms with Gasteiger partial charge >= 0.3 is 0 Å². The van der Waals surface area contributed by atoms with Crippen molar-refractivity contribution in [2.45, 2.75) is 24.9 Å². The van der Waals surface area contributed by atoms with Crippen LogP contribution in [-0.4, -0.2) is 37.1 Å². The third kappa shape index (κ3) is 2.19. The largest absolute Gasteiger partial charge is 0.385 e. The van der Waals surface area contributed by atoms with Crippen molar-refractivity contribution in [2.24, 2.45) is 5.92 Å². The van der Waals surface area contributed by atoms with Crippen molar-refractivity contribution in [2.75, 3.05) is 26.4 Å². The van der Waals surface area contributed by atoms with E-state index < -0.39 is 5.60 Å². The maximum absolute atomic E-state index is 10.0. The number of hydrogen-bond acceptors (Lipinski definition) is 3. The molecule has 1 aliphatic heterocycles. The van der Waals surface area contributed by atoms with Gasteiger partial charge in [-0.15, -0.1) is 0 Å². The molecule has 0 amide bonds. The number of aliphatic hydroxyl groups is 1. The average Bonchev–Trinajstić information content (AvgIpc) is 2.80. The van der Waals surface area contributed by atoms with E-state index in [9.17, 15) is 5.11 Å². The Balaban J connectivity index is 1.86. The Bertz CT molecular complexity index is 146. The molecule has 2 fully saturated rings. The molecule has 0 spiro atoms. The fourth-order valence-electron chi connectivity index (χ4n) is 1.66. The quantitative estimate of drug-likeness (QED) is 0.661. The van der Waals surface area contributed by atoms with Gasteiger partial charge in [0.15, 0.2) is 0 Å². The SMILES string of the molecule is OC1(CC2CC2)COCCOC1. The summed E-state index contributed by atoms with van der Waals surface area (Å²) < 4.78 is 10.5. The minimum absolute atomic E-state index is 0.448. The Morgan fingerprint density at radius 3 is 2.25 bits per heavy atom. The molecule has 0 bridgehead atoms. The molecule has 0 unspecified atom stereocenters. The molecule has 2 aliphatic rings. The predicted octanol–water partition coefficient (Wildman–Crippen LogP) is 0.564. The molecule has 70 valence electrons. The number of ether oxygens (including phenoxy) is 2. The number of rotatable bonds is 2. The third-order valence-electron chi connectivity index (χ3n) is 2.48. The highest BCUT2D eigenvalue weighted by Crippen LogP contribution is 2.37. The first-order valence-corrected chi connectivity index (χ1v) is 4.66. The highest BCUT2D eigenvalue weighted by Gasteiger charge is 2.36. The predicted molar refractivity (Wildman–Crippen MR) is 43.9 cm³/mol. The average molecular weight is 172 g/mol. The molecule has 0 atom stereocenters. The molecule has 1 N–H and O–H groups in total. The van der Waals surface area contributed by atoms with Crippen molar-refractivity contribution in [1.29, 1.82) is 0 Å². The zero-order valence-electron chi connectivity index (χ0n) is 7.29. The molecule has 3 nitrogen and oxygen atoms in total. The van der Waals surface area contributed by atoms with Gasteiger partial charge in [0, 0.05) is 0 Å². The standard InChI is InChI=1S/C9H16O3/c10-9(5-8-1-2-8)6-11-3-4-12-7-9/h8,10H,1-7H2. The van der Waals surface area contributed by atoms with Crippen LogP contribution in [0.4, 0.5) is 0 Å². The summed E-state index contributed by atoms with van der Waals surface area (Å²) in [6, 6.07) is 0. The van der Waals surface area contributed by atoms with Gasteiger partial charge in [0.1, 0.15) is 5.60 Å². The van der Waals surface area contributed by atoms with Crippen LogP contribution in [0.15, 0.2) is 0 Å². The van der Waals surface area contributed by atoms with Crippen molar-refractivity contribution < 1.29 is 14.6 Å². The first kappa shape index (κ1) is 8.48. The first-order chi connectivity index (χ1) is 5.79. The lowest BCUT2D eigenvalue weighted by atomic mass is 9.99. The molecular formula is C9H16O3. The van der Waals surface area contributed by atoms with Crippen LogP contribution in [0.5, 0.6) is 0 Å². The van der Waals surface area contributed by atoms with Crippen LogP contribution in [-0.2, 0) is 9.47 Å². The van der Waals surface area contributed by atoms with E-state index >= 15 is 0 Å². The summed E-state index contributed by atoms with van der Waals surface area (Å²) in [6.07, 6.45) is 3.39. The molecule has 1 aliphatic carbocycles. The van der Waals surface area contributed by atoms with Crippen molar-refractivity contribution in [1.82, 2.24) is 0 Å². The molecule has 0 aromatic heterocycles. The highest BCUT2D eigenvalue weighted by molar-refractivity contribution is 4.87. The molecule has 3 heteroatoms. The molecule has 1 heterocycles. The summed E-state index contributed by atoms with van der Waals surface area (Å²) in [5.41, 5.74) is -0.697. The van der Waals surface area contributed by atoms with Gasteiger partial charge in [0.05, 0.1) is 26.4 Å². The lowest BCUT2D eigenvalue weighted by Gasteiger charge is -2.24. The van der Waals surface area contributed by atoms with E-state index in [2.05, 4.69) is 0 Å². The summed E-state index contributed by atoms with van der Waals surface area (Å²) in [7, 11) is 0. The second-order valence-electron chi connectivity index (χ2n) is 3.98. The van der Waals surface area contributed by atoms with Crippen molar-refractivity contribution in [3.8, 4) is 0 Å². The van der Waals surface area contributed by atoms with E-state index in [1.807, 2.05) is 0 Å². The van der Waals surface area contributed by atoms with Crippen LogP contribution >= 0.6 is 0 Å². The van der Waals surface area contributed by atoms with Gasteiger partial charge in [-0.2, -0.15) is 0 Å². The van der Waals surface area contributed by atoms with E-state index in [1.54, 1.807) is 0 Å². The molecular weight excluding hydrogens is 156 g/mol. The molecule has 1 saturated heterocycles. The molecule has 1 saturated carbocycles. The fourth-order valence-corrected chi connectivity index (χ4v) is 1.66. The zero-order chi connectivity index (χ0) is 8.44. The zero-order valence-corrected chi connectivity index (χ0v) is 7.29. The van der Waals surface area contributed by atoms with E-state index in [4.69, 9.17) is 9.47 Å². The maximum Gasteiger partial charge on any atom is 0.111 e. The van der Waals surface area contributed by atoms with E-state index in [0.717, 1.165) is 12.3 Å². The Hall–Kier alpha value is -0.120. The molecule has 0 aromatic carbocycles. The fraction of sp³-hybridized carbons (Fsp3) is 1.00. The molecule has 0 aromatic rings. The van der Waals surface area contributed by atoms with E-state index in [-0.39, 0.29) is 0 Å². The monoisotopic (exact) mass is 172 g/mol. The van der Waals surface area contributed by atoms with Gasteiger partial charge in [-0.1, -0.05) is 12.8 Å². The summed E-state index contributed by atoms with van der Waals surface area (Å²) in [6.45, 7) is 2.13. The van der Waals surface area contributed by atoms with Gasteiger partial charge < -0.3 is 14.6 Å². The van der Waals surface area contributed by atoms with Crippen molar-refractivity contribution in [3.63, 3.8) is 0 Å². The van der Waals surface area contributed by atoms with Crippen LogP contribution in [0.3, 0.4) is 0 Å². The second-order valence-corrected chi connectivity index (χ2v) is 3.98. The highest BCUT2D eigenvalue weighted by atomic mass is 16.6. The summed E-state index contributed by atoms with van der Waals surface area (Å²) in [5, 5.41) is 10.0. The summed E-state index contributed by atoms with van der Waals surface area (Å²) >= 11 is 0. The lowest BCUT2D eigenvalue weighted by molar-refractivity contribution is -0.0637. The van der Waals surface area contributed by atoms with Gasteiger partial charge in [-0.3, -0.25) is 0 Å². The summed E-state index contributed by atoms with van der Waals surface area (Å²) in [4.78, 5) is 0. The molecule has 0 radical (unpaired) electrons. The van der Waals surface area contributed by atoms with Crippen LogP contribution < -0.4 is 0 Å². The maximum atomic E-state index is 10.0. The Morgan fingerprint density at radius 1 is 1.17 bits per heavy atom. The first-order valence-electron chi connectivity index (χ1n) is 4.66.